The molecule has 22 heavy (non-hydrogen) atoms. The highest BCUT2D eigenvalue weighted by atomic mass is 16.2. The molecular weight excluding hydrogens is 280 g/mol. The zero-order valence-corrected chi connectivity index (χ0v) is 12.8. The maximum Gasteiger partial charge on any atom is 0.321 e. The zero-order valence-electron chi connectivity index (χ0n) is 12.8. The average Bonchev–Trinajstić information content (AvgIpc) is 2.49. The van der Waals surface area contributed by atoms with E-state index in [-0.39, 0.29) is 11.4 Å². The Bertz CT molecular complexity index is 640. The lowest BCUT2D eigenvalue weighted by Crippen LogP contribution is -2.43. The van der Waals surface area contributed by atoms with Crippen LogP contribution in [-0.2, 0) is 0 Å². The molecule has 0 saturated carbocycles. The van der Waals surface area contributed by atoms with E-state index in [1.165, 1.54) is 0 Å². The summed E-state index contributed by atoms with van der Waals surface area (Å²) in [6.45, 7) is 4.86. The number of nitrogens with two attached hydrogens (primary N) is 1. The van der Waals surface area contributed by atoms with Gasteiger partial charge in [0.2, 0.25) is 5.91 Å². The highest BCUT2D eigenvalue weighted by Crippen LogP contribution is 2.30. The number of benzene rings is 1. The van der Waals surface area contributed by atoms with Crippen LogP contribution in [0, 0.1) is 23.7 Å². The van der Waals surface area contributed by atoms with Gasteiger partial charge in [0.25, 0.3) is 0 Å². The maximum absolute atomic E-state index is 12.3. The molecule has 0 bridgehead atoms. The highest BCUT2D eigenvalue weighted by Gasteiger charge is 2.31. The Kier molecular flexibility index (Phi) is 4.36. The number of anilines is 1. The molecule has 0 aromatic heterocycles. The van der Waals surface area contributed by atoms with E-state index in [0.29, 0.717) is 37.2 Å². The third kappa shape index (κ3) is 3.37. The summed E-state index contributed by atoms with van der Waals surface area (Å²) in [5, 5.41) is 12.0. The van der Waals surface area contributed by atoms with Gasteiger partial charge in [-0.3, -0.25) is 4.79 Å². The average molecular weight is 300 g/mol. The molecule has 1 saturated heterocycles. The van der Waals surface area contributed by atoms with Crippen LogP contribution >= 0.6 is 0 Å². The van der Waals surface area contributed by atoms with Gasteiger partial charge in [0, 0.05) is 24.3 Å². The van der Waals surface area contributed by atoms with Crippen LogP contribution in [0.2, 0.25) is 0 Å². The molecule has 0 spiro atoms. The van der Waals surface area contributed by atoms with Gasteiger partial charge in [0.05, 0.1) is 11.5 Å². The number of nitrogens with one attached hydrogen (secondary N) is 1. The minimum Gasteiger partial charge on any atom is -0.366 e. The number of aryl methyl sites for hydroxylation is 1. The van der Waals surface area contributed by atoms with Crippen molar-refractivity contribution < 1.29 is 9.59 Å². The van der Waals surface area contributed by atoms with E-state index in [1.54, 1.807) is 23.1 Å². The molecule has 116 valence electrons. The molecule has 1 aliphatic rings. The van der Waals surface area contributed by atoms with Crippen molar-refractivity contribution >= 4 is 17.6 Å². The number of primary amides is 1. The Morgan fingerprint density at radius 1 is 1.36 bits per heavy atom. The molecule has 0 aliphatic carbocycles. The summed E-state index contributed by atoms with van der Waals surface area (Å²) in [7, 11) is 0. The third-order valence-electron chi connectivity index (χ3n) is 4.18. The summed E-state index contributed by atoms with van der Waals surface area (Å²) in [5.41, 5.74) is 6.74. The number of hydrogen-bond acceptors (Lipinski definition) is 3. The van der Waals surface area contributed by atoms with E-state index in [2.05, 4.69) is 11.4 Å². The first-order valence-corrected chi connectivity index (χ1v) is 7.22. The lowest BCUT2D eigenvalue weighted by Gasteiger charge is -2.34. The van der Waals surface area contributed by atoms with Crippen molar-refractivity contribution in [2.75, 3.05) is 18.4 Å². The van der Waals surface area contributed by atoms with Crippen molar-refractivity contribution in [1.82, 2.24) is 4.90 Å². The number of nitrogens with zero attached hydrogens (tertiary/aromatic N) is 2. The van der Waals surface area contributed by atoms with Crippen LogP contribution in [0.4, 0.5) is 10.5 Å². The largest absolute Gasteiger partial charge is 0.366 e. The Hall–Kier alpha value is -2.55. The first-order chi connectivity index (χ1) is 10.3. The van der Waals surface area contributed by atoms with Crippen molar-refractivity contribution in [3.63, 3.8) is 0 Å². The fraction of sp³-hybridized carbons (Fsp3) is 0.438. The lowest BCUT2D eigenvalue weighted by molar-refractivity contribution is 0.1000. The summed E-state index contributed by atoms with van der Waals surface area (Å²) < 4.78 is 0. The van der Waals surface area contributed by atoms with Crippen LogP contribution in [0.15, 0.2) is 18.2 Å². The molecule has 1 heterocycles. The molecule has 1 aromatic rings. The van der Waals surface area contributed by atoms with Crippen LogP contribution in [0.5, 0.6) is 0 Å². The molecule has 6 nitrogen and oxygen atoms in total. The minimum atomic E-state index is -0.493. The number of hydrogen-bond donors (Lipinski definition) is 2. The van der Waals surface area contributed by atoms with E-state index < -0.39 is 5.91 Å². The standard InChI is InChI=1S/C16H20N4O2/c1-11-9-12(14(18)21)3-4-13(11)19-15(22)20-7-5-16(2,10-17)6-8-20/h3-4,9H,5-8H2,1-2H3,(H2,18,21)(H,19,22). The Labute approximate surface area is 129 Å². The third-order valence-corrected chi connectivity index (χ3v) is 4.18. The molecular formula is C16H20N4O2. The number of amides is 3. The molecule has 6 heteroatoms. The molecule has 3 N–H and O–H groups in total. The number of carbonyl (C=O) groups excluding carboxylic acids is 2. The topological polar surface area (TPSA) is 99.2 Å². The second-order valence-electron chi connectivity index (χ2n) is 5.98. The van der Waals surface area contributed by atoms with Gasteiger partial charge in [-0.2, -0.15) is 5.26 Å². The summed E-state index contributed by atoms with van der Waals surface area (Å²) in [5.74, 6) is -0.493. The Balaban J connectivity index is 2.01. The van der Waals surface area contributed by atoms with Gasteiger partial charge >= 0.3 is 6.03 Å². The van der Waals surface area contributed by atoms with Crippen LogP contribution in [0.25, 0.3) is 0 Å². The fourth-order valence-electron chi connectivity index (χ4n) is 2.47. The quantitative estimate of drug-likeness (QED) is 0.876. The van der Waals surface area contributed by atoms with E-state index in [9.17, 15) is 9.59 Å². The first-order valence-electron chi connectivity index (χ1n) is 7.22. The predicted molar refractivity (Wildman–Crippen MR) is 83.2 cm³/mol. The zero-order chi connectivity index (χ0) is 16.3. The Morgan fingerprint density at radius 3 is 2.50 bits per heavy atom. The van der Waals surface area contributed by atoms with Gasteiger partial charge in [0.15, 0.2) is 0 Å². The maximum atomic E-state index is 12.3. The van der Waals surface area contributed by atoms with Crippen molar-refractivity contribution in [2.24, 2.45) is 11.1 Å². The predicted octanol–water partition coefficient (Wildman–Crippen LogP) is 2.25. The summed E-state index contributed by atoms with van der Waals surface area (Å²) in [6, 6.07) is 7.05. The molecule has 2 rings (SSSR count). The second-order valence-corrected chi connectivity index (χ2v) is 5.98. The van der Waals surface area contributed by atoms with Gasteiger partial charge in [-0.05, 0) is 50.5 Å². The van der Waals surface area contributed by atoms with Gasteiger partial charge in [0.1, 0.15) is 0 Å². The van der Waals surface area contributed by atoms with Crippen molar-refractivity contribution in [1.29, 1.82) is 5.26 Å². The molecule has 0 unspecified atom stereocenters. The SMILES string of the molecule is Cc1cc(C(N)=O)ccc1NC(=O)N1CCC(C)(C#N)CC1. The van der Waals surface area contributed by atoms with Gasteiger partial charge in [-0.25, -0.2) is 4.79 Å². The summed E-state index contributed by atoms with van der Waals surface area (Å²) in [6.07, 6.45) is 1.35. The number of likely N-dealkylation sites (tertiary alicyclic amines) is 1. The van der Waals surface area contributed by atoms with Gasteiger partial charge < -0.3 is 16.0 Å². The van der Waals surface area contributed by atoms with Crippen LogP contribution in [0.1, 0.15) is 35.7 Å². The number of urea groups is 1. The molecule has 0 radical (unpaired) electrons. The molecule has 1 aromatic carbocycles. The number of carbonyl (C=O) groups is 2. The molecule has 1 fully saturated rings. The van der Waals surface area contributed by atoms with Crippen LogP contribution in [0.3, 0.4) is 0 Å². The number of nitriles is 1. The smallest absolute Gasteiger partial charge is 0.321 e. The molecule has 0 atom stereocenters. The normalized spacial score (nSPS) is 16.7. The summed E-state index contributed by atoms with van der Waals surface area (Å²) in [4.78, 5) is 25.1. The van der Waals surface area contributed by atoms with E-state index >= 15 is 0 Å². The van der Waals surface area contributed by atoms with Gasteiger partial charge in [-0.15, -0.1) is 0 Å². The lowest BCUT2D eigenvalue weighted by atomic mass is 9.82. The van der Waals surface area contributed by atoms with Crippen LogP contribution < -0.4 is 11.1 Å². The highest BCUT2D eigenvalue weighted by molar-refractivity contribution is 5.95. The van der Waals surface area contributed by atoms with E-state index in [4.69, 9.17) is 11.0 Å². The molecule has 3 amide bonds. The summed E-state index contributed by atoms with van der Waals surface area (Å²) >= 11 is 0. The molecule has 1 aliphatic heterocycles. The minimum absolute atomic E-state index is 0.185. The fourth-order valence-corrected chi connectivity index (χ4v) is 2.47. The van der Waals surface area contributed by atoms with Crippen molar-refractivity contribution in [3.05, 3.63) is 29.3 Å². The number of rotatable bonds is 2. The van der Waals surface area contributed by atoms with Crippen LogP contribution in [-0.4, -0.2) is 29.9 Å². The number of piperidine rings is 1. The van der Waals surface area contributed by atoms with Gasteiger partial charge in [-0.1, -0.05) is 0 Å². The van der Waals surface area contributed by atoms with Crippen molar-refractivity contribution in [3.8, 4) is 6.07 Å². The van der Waals surface area contributed by atoms with Crippen molar-refractivity contribution in [2.45, 2.75) is 26.7 Å². The van der Waals surface area contributed by atoms with E-state index in [0.717, 1.165) is 5.56 Å². The Morgan fingerprint density at radius 2 is 2.00 bits per heavy atom. The second kappa shape index (κ2) is 6.06. The monoisotopic (exact) mass is 300 g/mol. The van der Waals surface area contributed by atoms with E-state index in [1.807, 2.05) is 13.8 Å². The first kappa shape index (κ1) is 15.8.